The van der Waals surface area contributed by atoms with Gasteiger partial charge in [0.1, 0.15) is 6.04 Å². The number of anilines is 1. The first kappa shape index (κ1) is 13.4. The van der Waals surface area contributed by atoms with Gasteiger partial charge in [-0.1, -0.05) is 42.5 Å². The maximum absolute atomic E-state index is 9.55. The fourth-order valence-electron chi connectivity index (χ4n) is 2.74. The van der Waals surface area contributed by atoms with Crippen LogP contribution in [0.15, 0.2) is 54.6 Å². The first-order valence-corrected chi connectivity index (χ1v) is 6.75. The van der Waals surface area contributed by atoms with Crippen molar-refractivity contribution in [3.05, 3.63) is 54.6 Å². The van der Waals surface area contributed by atoms with Crippen molar-refractivity contribution in [3.63, 3.8) is 0 Å². The molecule has 0 aliphatic heterocycles. The minimum atomic E-state index is -0.123. The van der Waals surface area contributed by atoms with Gasteiger partial charge >= 0.3 is 0 Å². The molecule has 1 aromatic carbocycles. The molecule has 0 fully saturated rings. The van der Waals surface area contributed by atoms with Gasteiger partial charge in [0.2, 0.25) is 0 Å². The van der Waals surface area contributed by atoms with Gasteiger partial charge in [0.05, 0.1) is 6.07 Å². The molecule has 3 atom stereocenters. The molecule has 2 rings (SSSR count). The lowest BCUT2D eigenvalue weighted by Gasteiger charge is -2.31. The average Bonchev–Trinajstić information content (AvgIpc) is 2.89. The van der Waals surface area contributed by atoms with E-state index in [9.17, 15) is 5.26 Å². The Hall–Kier alpha value is -2.01. The third kappa shape index (κ3) is 2.88. The first-order chi connectivity index (χ1) is 9.27. The minimum absolute atomic E-state index is 0.123. The Labute approximate surface area is 115 Å². The van der Waals surface area contributed by atoms with Crippen molar-refractivity contribution in [2.45, 2.75) is 19.4 Å². The van der Waals surface area contributed by atoms with E-state index in [2.05, 4.69) is 35.3 Å². The third-order valence-electron chi connectivity index (χ3n) is 3.78. The number of hydrogen-bond donors (Lipinski definition) is 0. The summed E-state index contributed by atoms with van der Waals surface area (Å²) >= 11 is 0. The molecule has 98 valence electrons. The molecule has 0 bridgehead atoms. The number of para-hydroxylation sites is 1. The Bertz CT molecular complexity index is 496. The molecule has 0 saturated carbocycles. The second-order valence-electron chi connectivity index (χ2n) is 4.95. The van der Waals surface area contributed by atoms with Gasteiger partial charge in [-0.25, -0.2) is 0 Å². The number of benzene rings is 1. The summed E-state index contributed by atoms with van der Waals surface area (Å²) in [5.74, 6) is 0.715. The third-order valence-corrected chi connectivity index (χ3v) is 3.78. The fraction of sp³-hybridized carbons (Fsp3) is 0.353. The van der Waals surface area contributed by atoms with Gasteiger partial charge in [0.25, 0.3) is 0 Å². The topological polar surface area (TPSA) is 27.0 Å². The van der Waals surface area contributed by atoms with Gasteiger partial charge in [0.15, 0.2) is 0 Å². The van der Waals surface area contributed by atoms with Crippen LogP contribution in [0.1, 0.15) is 13.3 Å². The molecule has 0 saturated heterocycles. The highest BCUT2D eigenvalue weighted by molar-refractivity contribution is 5.48. The largest absolute Gasteiger partial charge is 0.358 e. The zero-order valence-electron chi connectivity index (χ0n) is 11.5. The van der Waals surface area contributed by atoms with Crippen molar-refractivity contribution >= 4 is 5.69 Å². The predicted octanol–water partition coefficient (Wildman–Crippen LogP) is 3.78. The monoisotopic (exact) mass is 252 g/mol. The zero-order valence-corrected chi connectivity index (χ0v) is 11.5. The minimum Gasteiger partial charge on any atom is -0.358 e. The zero-order chi connectivity index (χ0) is 13.7. The van der Waals surface area contributed by atoms with E-state index in [1.807, 2.05) is 44.3 Å². The van der Waals surface area contributed by atoms with Crippen molar-refractivity contribution in [2.24, 2.45) is 11.8 Å². The Morgan fingerprint density at radius 2 is 2.11 bits per heavy atom. The molecular weight excluding hydrogens is 232 g/mol. The van der Waals surface area contributed by atoms with E-state index in [0.29, 0.717) is 5.92 Å². The van der Waals surface area contributed by atoms with Crippen LogP contribution in [0.25, 0.3) is 0 Å². The van der Waals surface area contributed by atoms with Crippen molar-refractivity contribution in [1.82, 2.24) is 0 Å². The van der Waals surface area contributed by atoms with Crippen LogP contribution in [0.4, 0.5) is 5.69 Å². The Kier molecular flexibility index (Phi) is 4.41. The maximum atomic E-state index is 9.55. The lowest BCUT2D eigenvalue weighted by Crippen LogP contribution is -2.38. The van der Waals surface area contributed by atoms with E-state index in [1.54, 1.807) is 0 Å². The van der Waals surface area contributed by atoms with Crippen LogP contribution in [0.5, 0.6) is 0 Å². The Morgan fingerprint density at radius 3 is 2.74 bits per heavy atom. The van der Waals surface area contributed by atoms with Gasteiger partial charge in [-0.3, -0.25) is 0 Å². The van der Waals surface area contributed by atoms with Gasteiger partial charge < -0.3 is 4.90 Å². The molecule has 0 heterocycles. The normalized spacial score (nSPS) is 23.4. The fourth-order valence-corrected chi connectivity index (χ4v) is 2.74. The van der Waals surface area contributed by atoms with Crippen LogP contribution in [0.3, 0.4) is 0 Å². The van der Waals surface area contributed by atoms with Crippen LogP contribution in [-0.2, 0) is 0 Å². The van der Waals surface area contributed by atoms with E-state index in [0.717, 1.165) is 12.1 Å². The summed E-state index contributed by atoms with van der Waals surface area (Å²) in [6.07, 6.45) is 9.72. The molecule has 19 heavy (non-hydrogen) atoms. The van der Waals surface area contributed by atoms with Crippen molar-refractivity contribution < 1.29 is 0 Å². The number of nitrogens with zero attached hydrogens (tertiary/aromatic N) is 2. The van der Waals surface area contributed by atoms with Crippen LogP contribution in [0.2, 0.25) is 0 Å². The molecule has 1 aliphatic carbocycles. The van der Waals surface area contributed by atoms with E-state index >= 15 is 0 Å². The summed E-state index contributed by atoms with van der Waals surface area (Å²) in [7, 11) is 2.00. The van der Waals surface area contributed by atoms with E-state index in [4.69, 9.17) is 0 Å². The number of nitriles is 1. The molecule has 0 aromatic heterocycles. The highest BCUT2D eigenvalue weighted by Crippen LogP contribution is 2.32. The maximum Gasteiger partial charge on any atom is 0.123 e. The summed E-state index contributed by atoms with van der Waals surface area (Å²) < 4.78 is 0. The van der Waals surface area contributed by atoms with Gasteiger partial charge in [-0.05, 0) is 31.4 Å². The Balaban J connectivity index is 2.21. The average molecular weight is 252 g/mol. The molecule has 1 aromatic rings. The smallest absolute Gasteiger partial charge is 0.123 e. The highest BCUT2D eigenvalue weighted by atomic mass is 15.1. The second kappa shape index (κ2) is 6.24. The number of hydrogen-bond acceptors (Lipinski definition) is 2. The molecule has 0 radical (unpaired) electrons. The summed E-state index contributed by atoms with van der Waals surface area (Å²) in [4.78, 5) is 2.08. The second-order valence-corrected chi connectivity index (χ2v) is 4.95. The molecule has 2 nitrogen and oxygen atoms in total. The quantitative estimate of drug-likeness (QED) is 0.762. The van der Waals surface area contributed by atoms with E-state index < -0.39 is 0 Å². The van der Waals surface area contributed by atoms with Crippen molar-refractivity contribution in [1.29, 1.82) is 5.26 Å². The van der Waals surface area contributed by atoms with Crippen LogP contribution < -0.4 is 4.90 Å². The van der Waals surface area contributed by atoms with Crippen LogP contribution >= 0.6 is 0 Å². The van der Waals surface area contributed by atoms with Crippen molar-refractivity contribution in [3.8, 4) is 6.07 Å². The Morgan fingerprint density at radius 1 is 1.37 bits per heavy atom. The predicted molar refractivity (Wildman–Crippen MR) is 79.8 cm³/mol. The van der Waals surface area contributed by atoms with Gasteiger partial charge in [-0.2, -0.15) is 5.26 Å². The van der Waals surface area contributed by atoms with Gasteiger partial charge in [0, 0.05) is 18.7 Å². The van der Waals surface area contributed by atoms with Crippen LogP contribution in [-0.4, -0.2) is 13.1 Å². The van der Waals surface area contributed by atoms with Gasteiger partial charge in [-0.15, -0.1) is 0 Å². The van der Waals surface area contributed by atoms with E-state index in [1.165, 1.54) is 0 Å². The van der Waals surface area contributed by atoms with Crippen molar-refractivity contribution in [2.75, 3.05) is 11.9 Å². The standard InChI is InChI=1S/C17H20N2/c1-3-8-14-9-7-12-16(14)17(13-18)19(2)15-10-5-4-6-11-15/h3-8,10-12,14,16-17H,9H2,1-2H3/b8-3+/t14-,16-,17-/m1/s1. The molecule has 0 spiro atoms. The first-order valence-electron chi connectivity index (χ1n) is 6.75. The molecule has 0 amide bonds. The SMILES string of the molecule is C/C=C/[C@@H]1CC=C[C@H]1[C@@H](C#N)N(C)c1ccccc1. The van der Waals surface area contributed by atoms with E-state index in [-0.39, 0.29) is 12.0 Å². The van der Waals surface area contributed by atoms with Crippen LogP contribution in [0, 0.1) is 23.2 Å². The number of allylic oxidation sites excluding steroid dienone is 3. The lowest BCUT2D eigenvalue weighted by atomic mass is 9.88. The summed E-state index contributed by atoms with van der Waals surface area (Å²) in [6, 6.07) is 12.5. The molecule has 2 heteroatoms. The highest BCUT2D eigenvalue weighted by Gasteiger charge is 2.31. The molecule has 0 N–H and O–H groups in total. The summed E-state index contributed by atoms with van der Waals surface area (Å²) in [5, 5.41) is 9.55. The lowest BCUT2D eigenvalue weighted by molar-refractivity contribution is 0.459. The summed E-state index contributed by atoms with van der Waals surface area (Å²) in [6.45, 7) is 2.04. The number of rotatable bonds is 4. The molecular formula is C17H20N2. The summed E-state index contributed by atoms with van der Waals surface area (Å²) in [5.41, 5.74) is 1.09. The molecule has 1 aliphatic rings. The molecule has 0 unspecified atom stereocenters.